The highest BCUT2D eigenvalue weighted by Gasteiger charge is 1.98. The maximum atomic E-state index is 5.68. The number of hydrogen-bond donors (Lipinski definition) is 1. The zero-order valence-corrected chi connectivity index (χ0v) is 12.0. The summed E-state index contributed by atoms with van der Waals surface area (Å²) in [6, 6.07) is 14.5. The van der Waals surface area contributed by atoms with Crippen LogP contribution >= 0.6 is 0 Å². The van der Waals surface area contributed by atoms with Crippen LogP contribution in [0, 0.1) is 0 Å². The number of nitrogens with zero attached hydrogens (tertiary/aromatic N) is 1. The third kappa shape index (κ3) is 5.02. The zero-order valence-electron chi connectivity index (χ0n) is 12.0. The van der Waals surface area contributed by atoms with Gasteiger partial charge in [0.1, 0.15) is 0 Å². The Morgan fingerprint density at radius 3 is 2.80 bits per heavy atom. The number of rotatable bonds is 8. The van der Waals surface area contributed by atoms with Gasteiger partial charge in [0, 0.05) is 25.0 Å². The van der Waals surface area contributed by atoms with Crippen LogP contribution in [-0.2, 0) is 17.8 Å². The maximum absolute atomic E-state index is 5.68. The molecule has 0 saturated carbocycles. The Kier molecular flexibility index (Phi) is 6.06. The molecule has 3 heteroatoms. The molecule has 20 heavy (non-hydrogen) atoms. The molecule has 1 aromatic carbocycles. The number of nitrogens with one attached hydrogen (secondary N) is 1. The molecule has 0 atom stereocenters. The summed E-state index contributed by atoms with van der Waals surface area (Å²) >= 11 is 0. The fourth-order valence-electron chi connectivity index (χ4n) is 2.07. The minimum absolute atomic E-state index is 0.577. The summed E-state index contributed by atoms with van der Waals surface area (Å²) in [6.07, 6.45) is 3.92. The average molecular weight is 270 g/mol. The highest BCUT2D eigenvalue weighted by atomic mass is 16.5. The van der Waals surface area contributed by atoms with E-state index in [2.05, 4.69) is 41.5 Å². The lowest BCUT2D eigenvalue weighted by molar-refractivity contribution is 0.116. The van der Waals surface area contributed by atoms with Gasteiger partial charge in [-0.3, -0.25) is 4.98 Å². The van der Waals surface area contributed by atoms with E-state index in [0.717, 1.165) is 37.4 Å². The highest BCUT2D eigenvalue weighted by molar-refractivity contribution is 5.42. The van der Waals surface area contributed by atoms with Crippen LogP contribution in [0.5, 0.6) is 0 Å². The Labute approximate surface area is 121 Å². The van der Waals surface area contributed by atoms with Crippen LogP contribution in [0.25, 0.3) is 0 Å². The van der Waals surface area contributed by atoms with Crippen LogP contribution in [0.1, 0.15) is 24.6 Å². The molecule has 1 heterocycles. The molecule has 106 valence electrons. The lowest BCUT2D eigenvalue weighted by Gasteiger charge is -2.07. The Bertz CT molecular complexity index is 499. The maximum Gasteiger partial charge on any atom is 0.0888 e. The molecule has 0 aliphatic rings. The first-order valence-corrected chi connectivity index (χ1v) is 7.19. The molecular weight excluding hydrogens is 248 g/mol. The van der Waals surface area contributed by atoms with E-state index < -0.39 is 0 Å². The van der Waals surface area contributed by atoms with E-state index in [1.165, 1.54) is 5.56 Å². The first-order chi connectivity index (χ1) is 9.88. The average Bonchev–Trinajstić information content (AvgIpc) is 2.49. The third-order valence-electron chi connectivity index (χ3n) is 3.04. The van der Waals surface area contributed by atoms with E-state index in [1.54, 1.807) is 0 Å². The molecule has 0 saturated heterocycles. The number of hydrogen-bond acceptors (Lipinski definition) is 3. The van der Waals surface area contributed by atoms with E-state index in [1.807, 2.05) is 24.4 Å². The molecule has 1 N–H and O–H groups in total. The second-order valence-electron chi connectivity index (χ2n) is 4.71. The summed E-state index contributed by atoms with van der Waals surface area (Å²) in [5.74, 6) is 0. The van der Waals surface area contributed by atoms with Crippen molar-refractivity contribution >= 4 is 5.69 Å². The predicted molar refractivity (Wildman–Crippen MR) is 82.8 cm³/mol. The number of pyridine rings is 1. The standard InChI is InChI=1S/C17H22N2O/c1-2-18-16-10-11-19-17(13-16)14-20-12-6-9-15-7-4-3-5-8-15/h3-5,7-8,10-11,13H,2,6,9,12,14H2,1H3,(H,18,19). The van der Waals surface area contributed by atoms with E-state index in [0.29, 0.717) is 6.61 Å². The molecule has 2 aromatic rings. The smallest absolute Gasteiger partial charge is 0.0888 e. The number of aromatic nitrogens is 1. The summed E-state index contributed by atoms with van der Waals surface area (Å²) in [5, 5.41) is 3.28. The van der Waals surface area contributed by atoms with Crippen molar-refractivity contribution in [3.63, 3.8) is 0 Å². The molecule has 0 unspecified atom stereocenters. The van der Waals surface area contributed by atoms with Gasteiger partial charge in [0.2, 0.25) is 0 Å². The fraction of sp³-hybridized carbons (Fsp3) is 0.353. The van der Waals surface area contributed by atoms with Crippen molar-refractivity contribution in [2.75, 3.05) is 18.5 Å². The van der Waals surface area contributed by atoms with E-state index >= 15 is 0 Å². The van der Waals surface area contributed by atoms with Crippen molar-refractivity contribution in [3.05, 3.63) is 59.9 Å². The number of aryl methyl sites for hydroxylation is 1. The number of anilines is 1. The van der Waals surface area contributed by atoms with Crippen molar-refractivity contribution in [2.45, 2.75) is 26.4 Å². The van der Waals surface area contributed by atoms with Crippen molar-refractivity contribution < 1.29 is 4.74 Å². The molecule has 0 radical (unpaired) electrons. The first-order valence-electron chi connectivity index (χ1n) is 7.19. The third-order valence-corrected chi connectivity index (χ3v) is 3.04. The molecule has 0 aliphatic carbocycles. The van der Waals surface area contributed by atoms with Crippen LogP contribution in [0.4, 0.5) is 5.69 Å². The van der Waals surface area contributed by atoms with Crippen molar-refractivity contribution in [1.29, 1.82) is 0 Å². The second-order valence-corrected chi connectivity index (χ2v) is 4.71. The normalized spacial score (nSPS) is 10.4. The molecule has 1 aromatic heterocycles. The quantitative estimate of drug-likeness (QED) is 0.743. The number of benzene rings is 1. The summed E-state index contributed by atoms with van der Waals surface area (Å²) < 4.78 is 5.68. The lowest BCUT2D eigenvalue weighted by atomic mass is 10.1. The Morgan fingerprint density at radius 2 is 2.00 bits per heavy atom. The molecule has 0 fully saturated rings. The van der Waals surface area contributed by atoms with Gasteiger partial charge in [0.25, 0.3) is 0 Å². The van der Waals surface area contributed by atoms with E-state index in [4.69, 9.17) is 4.74 Å². The van der Waals surface area contributed by atoms with Gasteiger partial charge in [-0.05, 0) is 37.5 Å². The van der Waals surface area contributed by atoms with Crippen molar-refractivity contribution in [3.8, 4) is 0 Å². The minimum atomic E-state index is 0.577. The van der Waals surface area contributed by atoms with Crippen LogP contribution in [0.2, 0.25) is 0 Å². The summed E-state index contributed by atoms with van der Waals surface area (Å²) in [7, 11) is 0. The van der Waals surface area contributed by atoms with Crippen LogP contribution in [-0.4, -0.2) is 18.1 Å². The molecule has 3 nitrogen and oxygen atoms in total. The van der Waals surface area contributed by atoms with Crippen molar-refractivity contribution in [1.82, 2.24) is 4.98 Å². The summed E-state index contributed by atoms with van der Waals surface area (Å²) in [4.78, 5) is 4.31. The monoisotopic (exact) mass is 270 g/mol. The van der Waals surface area contributed by atoms with Gasteiger partial charge in [-0.1, -0.05) is 30.3 Å². The van der Waals surface area contributed by atoms with E-state index in [9.17, 15) is 0 Å². The van der Waals surface area contributed by atoms with Gasteiger partial charge >= 0.3 is 0 Å². The van der Waals surface area contributed by atoms with Gasteiger partial charge < -0.3 is 10.1 Å². The Hall–Kier alpha value is -1.87. The largest absolute Gasteiger partial charge is 0.385 e. The summed E-state index contributed by atoms with van der Waals surface area (Å²) in [6.45, 7) is 4.34. The first kappa shape index (κ1) is 14.5. The molecule has 0 aliphatic heterocycles. The van der Waals surface area contributed by atoms with Gasteiger partial charge in [0.05, 0.1) is 12.3 Å². The zero-order chi connectivity index (χ0) is 14.0. The van der Waals surface area contributed by atoms with Crippen LogP contribution in [0.15, 0.2) is 48.7 Å². The molecule has 0 bridgehead atoms. The molecule has 0 amide bonds. The fourth-order valence-corrected chi connectivity index (χ4v) is 2.07. The van der Waals surface area contributed by atoms with Gasteiger partial charge in [-0.25, -0.2) is 0 Å². The van der Waals surface area contributed by atoms with Crippen molar-refractivity contribution in [2.24, 2.45) is 0 Å². The predicted octanol–water partition coefficient (Wildman–Crippen LogP) is 3.66. The molecule has 2 rings (SSSR count). The Morgan fingerprint density at radius 1 is 1.15 bits per heavy atom. The topological polar surface area (TPSA) is 34.2 Å². The summed E-state index contributed by atoms with van der Waals surface area (Å²) in [5.41, 5.74) is 3.44. The van der Waals surface area contributed by atoms with Gasteiger partial charge in [-0.2, -0.15) is 0 Å². The SMILES string of the molecule is CCNc1ccnc(COCCCc2ccccc2)c1. The van der Waals surface area contributed by atoms with Gasteiger partial charge in [0.15, 0.2) is 0 Å². The molecule has 0 spiro atoms. The lowest BCUT2D eigenvalue weighted by Crippen LogP contribution is -2.01. The highest BCUT2D eigenvalue weighted by Crippen LogP contribution is 2.09. The van der Waals surface area contributed by atoms with Crippen LogP contribution < -0.4 is 5.32 Å². The number of ether oxygens (including phenoxy) is 1. The van der Waals surface area contributed by atoms with Crippen LogP contribution in [0.3, 0.4) is 0 Å². The van der Waals surface area contributed by atoms with Gasteiger partial charge in [-0.15, -0.1) is 0 Å². The molecular formula is C17H22N2O. The van der Waals surface area contributed by atoms with E-state index in [-0.39, 0.29) is 0 Å². The Balaban J connectivity index is 1.67. The second kappa shape index (κ2) is 8.33. The minimum Gasteiger partial charge on any atom is -0.385 e.